The Balaban J connectivity index is 2.27. The summed E-state index contributed by atoms with van der Waals surface area (Å²) in [4.78, 5) is 8.98. The first-order valence-electron chi connectivity index (χ1n) is 4.43. The van der Waals surface area contributed by atoms with Crippen molar-refractivity contribution in [1.29, 1.82) is 0 Å². The molecule has 0 aromatic carbocycles. The van der Waals surface area contributed by atoms with Gasteiger partial charge >= 0.3 is 0 Å². The lowest BCUT2D eigenvalue weighted by Crippen LogP contribution is -2.07. The molecular weight excluding hydrogens is 214 g/mol. The maximum Gasteiger partial charge on any atom is 0.227 e. The second-order valence-electron chi connectivity index (χ2n) is 2.87. The topological polar surface area (TPSA) is 70.3 Å². The SMILES string of the molecule is COCCOc1nc(N)nc2sccc12. The number of hydrogen-bond donors (Lipinski definition) is 1. The molecule has 2 N–H and O–H groups in total. The Hall–Kier alpha value is -1.40. The van der Waals surface area contributed by atoms with E-state index in [9.17, 15) is 0 Å². The van der Waals surface area contributed by atoms with Gasteiger partial charge in [-0.15, -0.1) is 11.3 Å². The van der Waals surface area contributed by atoms with E-state index in [2.05, 4.69) is 9.97 Å². The van der Waals surface area contributed by atoms with E-state index in [0.29, 0.717) is 19.1 Å². The highest BCUT2D eigenvalue weighted by Gasteiger charge is 2.07. The van der Waals surface area contributed by atoms with Crippen LogP contribution in [0, 0.1) is 0 Å². The number of nitrogen functional groups attached to an aromatic ring is 1. The minimum atomic E-state index is 0.234. The van der Waals surface area contributed by atoms with E-state index in [0.717, 1.165) is 10.2 Å². The first kappa shape index (κ1) is 10.1. The molecule has 0 aliphatic carbocycles. The summed E-state index contributed by atoms with van der Waals surface area (Å²) in [5.41, 5.74) is 5.56. The largest absolute Gasteiger partial charge is 0.475 e. The summed E-state index contributed by atoms with van der Waals surface area (Å²) in [6.45, 7) is 0.980. The first-order chi connectivity index (χ1) is 7.31. The molecule has 2 heterocycles. The molecule has 0 saturated carbocycles. The van der Waals surface area contributed by atoms with E-state index < -0.39 is 0 Å². The molecule has 0 radical (unpaired) electrons. The molecule has 2 rings (SSSR count). The highest BCUT2D eigenvalue weighted by molar-refractivity contribution is 7.16. The zero-order chi connectivity index (χ0) is 10.7. The average Bonchev–Trinajstić information content (AvgIpc) is 2.65. The lowest BCUT2D eigenvalue weighted by molar-refractivity contribution is 0.144. The van der Waals surface area contributed by atoms with Crippen LogP contribution in [0.15, 0.2) is 11.4 Å². The van der Waals surface area contributed by atoms with Gasteiger partial charge in [0.05, 0.1) is 12.0 Å². The molecule has 2 aromatic heterocycles. The van der Waals surface area contributed by atoms with Crippen molar-refractivity contribution in [1.82, 2.24) is 9.97 Å². The molecule has 0 atom stereocenters. The number of nitrogens with two attached hydrogens (primary N) is 1. The number of fused-ring (bicyclic) bond motifs is 1. The molecule has 6 heteroatoms. The van der Waals surface area contributed by atoms with Crippen molar-refractivity contribution in [2.75, 3.05) is 26.1 Å². The molecule has 0 saturated heterocycles. The quantitative estimate of drug-likeness (QED) is 0.794. The number of aromatic nitrogens is 2. The molecule has 80 valence electrons. The molecule has 0 aliphatic rings. The normalized spacial score (nSPS) is 10.7. The number of rotatable bonds is 4. The van der Waals surface area contributed by atoms with Crippen molar-refractivity contribution >= 4 is 27.5 Å². The van der Waals surface area contributed by atoms with Gasteiger partial charge < -0.3 is 15.2 Å². The van der Waals surface area contributed by atoms with Crippen LogP contribution in [0.4, 0.5) is 5.95 Å². The van der Waals surface area contributed by atoms with E-state index in [1.165, 1.54) is 11.3 Å². The Labute approximate surface area is 90.9 Å². The summed E-state index contributed by atoms with van der Waals surface area (Å²) in [6.07, 6.45) is 0. The number of anilines is 1. The van der Waals surface area contributed by atoms with E-state index in [1.54, 1.807) is 7.11 Å². The Kier molecular flexibility index (Phi) is 2.98. The lowest BCUT2D eigenvalue weighted by Gasteiger charge is -2.05. The van der Waals surface area contributed by atoms with E-state index in [1.807, 2.05) is 11.4 Å². The molecule has 5 nitrogen and oxygen atoms in total. The summed E-state index contributed by atoms with van der Waals surface area (Å²) in [5.74, 6) is 0.758. The number of methoxy groups -OCH3 is 1. The minimum Gasteiger partial charge on any atom is -0.475 e. The Morgan fingerprint density at radius 3 is 3.07 bits per heavy atom. The number of ether oxygens (including phenoxy) is 2. The standard InChI is InChI=1S/C9H11N3O2S/c1-13-3-4-14-7-6-2-5-15-8(6)12-9(10)11-7/h2,5H,3-4H2,1H3,(H2,10,11,12). The summed E-state index contributed by atoms with van der Waals surface area (Å²) >= 11 is 1.51. The van der Waals surface area contributed by atoms with Crippen LogP contribution in [-0.4, -0.2) is 30.3 Å². The molecule has 0 bridgehead atoms. The average molecular weight is 225 g/mol. The third-order valence-corrected chi connectivity index (χ3v) is 2.64. The molecular formula is C9H11N3O2S. The predicted octanol–water partition coefficient (Wildman–Crippen LogP) is 1.30. The van der Waals surface area contributed by atoms with Gasteiger partial charge in [0.25, 0.3) is 0 Å². The van der Waals surface area contributed by atoms with Crippen molar-refractivity contribution in [3.63, 3.8) is 0 Å². The van der Waals surface area contributed by atoms with Crippen molar-refractivity contribution in [3.05, 3.63) is 11.4 Å². The number of thiophene rings is 1. The van der Waals surface area contributed by atoms with Crippen LogP contribution in [0.5, 0.6) is 5.88 Å². The molecule has 0 amide bonds. The Morgan fingerprint density at radius 2 is 2.27 bits per heavy atom. The number of hydrogen-bond acceptors (Lipinski definition) is 6. The van der Waals surface area contributed by atoms with Gasteiger partial charge in [-0.05, 0) is 11.4 Å². The van der Waals surface area contributed by atoms with Crippen LogP contribution < -0.4 is 10.5 Å². The monoisotopic (exact) mass is 225 g/mol. The fourth-order valence-electron chi connectivity index (χ4n) is 1.18. The first-order valence-corrected chi connectivity index (χ1v) is 5.31. The summed E-state index contributed by atoms with van der Waals surface area (Å²) in [6, 6.07) is 1.92. The van der Waals surface area contributed by atoms with Gasteiger partial charge in [-0.2, -0.15) is 4.98 Å². The molecule has 0 spiro atoms. The Bertz CT molecular complexity index is 458. The van der Waals surface area contributed by atoms with Gasteiger partial charge in [0.2, 0.25) is 11.8 Å². The molecule has 0 aliphatic heterocycles. The van der Waals surface area contributed by atoms with E-state index in [4.69, 9.17) is 15.2 Å². The van der Waals surface area contributed by atoms with Crippen LogP contribution in [0.3, 0.4) is 0 Å². The fraction of sp³-hybridized carbons (Fsp3) is 0.333. The Morgan fingerprint density at radius 1 is 1.40 bits per heavy atom. The second kappa shape index (κ2) is 4.41. The summed E-state index contributed by atoms with van der Waals surface area (Å²) in [7, 11) is 1.62. The smallest absolute Gasteiger partial charge is 0.227 e. The molecule has 2 aromatic rings. The second-order valence-corrected chi connectivity index (χ2v) is 3.76. The maximum absolute atomic E-state index is 5.56. The highest BCUT2D eigenvalue weighted by atomic mass is 32.1. The highest BCUT2D eigenvalue weighted by Crippen LogP contribution is 2.27. The fourth-order valence-corrected chi connectivity index (χ4v) is 1.94. The van der Waals surface area contributed by atoms with Crippen LogP contribution in [-0.2, 0) is 4.74 Å². The van der Waals surface area contributed by atoms with Crippen LogP contribution in [0.2, 0.25) is 0 Å². The third-order valence-electron chi connectivity index (χ3n) is 1.83. The van der Waals surface area contributed by atoms with Gasteiger partial charge in [-0.25, -0.2) is 4.98 Å². The van der Waals surface area contributed by atoms with E-state index in [-0.39, 0.29) is 5.95 Å². The predicted molar refractivity (Wildman–Crippen MR) is 59.2 cm³/mol. The zero-order valence-corrected chi connectivity index (χ0v) is 9.08. The van der Waals surface area contributed by atoms with E-state index >= 15 is 0 Å². The van der Waals surface area contributed by atoms with Gasteiger partial charge in [0.15, 0.2) is 0 Å². The van der Waals surface area contributed by atoms with Gasteiger partial charge in [0, 0.05) is 7.11 Å². The molecule has 0 fully saturated rings. The van der Waals surface area contributed by atoms with Gasteiger partial charge in [0.1, 0.15) is 11.4 Å². The van der Waals surface area contributed by atoms with Crippen LogP contribution in [0.25, 0.3) is 10.2 Å². The minimum absolute atomic E-state index is 0.234. The molecule has 0 unspecified atom stereocenters. The zero-order valence-electron chi connectivity index (χ0n) is 8.27. The van der Waals surface area contributed by atoms with Crippen molar-refractivity contribution in [3.8, 4) is 5.88 Å². The van der Waals surface area contributed by atoms with Crippen molar-refractivity contribution in [2.24, 2.45) is 0 Å². The van der Waals surface area contributed by atoms with Crippen LogP contribution >= 0.6 is 11.3 Å². The lowest BCUT2D eigenvalue weighted by atomic mass is 10.4. The third kappa shape index (κ3) is 2.16. The molecule has 15 heavy (non-hydrogen) atoms. The van der Waals surface area contributed by atoms with Gasteiger partial charge in [-0.3, -0.25) is 0 Å². The van der Waals surface area contributed by atoms with Crippen molar-refractivity contribution < 1.29 is 9.47 Å². The summed E-state index contributed by atoms with van der Waals surface area (Å²) in [5, 5.41) is 2.83. The summed E-state index contributed by atoms with van der Waals surface area (Å²) < 4.78 is 10.3. The van der Waals surface area contributed by atoms with Gasteiger partial charge in [-0.1, -0.05) is 0 Å². The van der Waals surface area contributed by atoms with Crippen molar-refractivity contribution in [2.45, 2.75) is 0 Å². The van der Waals surface area contributed by atoms with Crippen LogP contribution in [0.1, 0.15) is 0 Å². The number of nitrogens with zero attached hydrogens (tertiary/aromatic N) is 2. The maximum atomic E-state index is 5.56.